The Labute approximate surface area is 147 Å². The highest BCUT2D eigenvalue weighted by atomic mass is 16.4. The predicted octanol–water partition coefficient (Wildman–Crippen LogP) is 2.37. The molecule has 0 spiro atoms. The third kappa shape index (κ3) is 2.67. The standard InChI is InChI=1S/C18H15N5O3/c1-12(23-15-8-4-5-9-16(15)26-18(23)25)17(24)20-13-6-2-3-7-14(13)22-11-10-19-21-22/h2-12H,1H3,(H,20,24)/t12-/m0/s1. The van der Waals surface area contributed by atoms with Gasteiger partial charge in [0.15, 0.2) is 5.58 Å². The number of anilines is 1. The van der Waals surface area contributed by atoms with Crippen LogP contribution in [-0.4, -0.2) is 25.5 Å². The Morgan fingerprint density at radius 2 is 1.92 bits per heavy atom. The molecule has 0 fully saturated rings. The summed E-state index contributed by atoms with van der Waals surface area (Å²) in [5.74, 6) is -0.912. The predicted molar refractivity (Wildman–Crippen MR) is 95.2 cm³/mol. The normalized spacial score (nSPS) is 12.2. The van der Waals surface area contributed by atoms with Crippen LogP contribution in [0, 0.1) is 0 Å². The fourth-order valence-electron chi connectivity index (χ4n) is 2.82. The molecule has 0 saturated heterocycles. The van der Waals surface area contributed by atoms with Gasteiger partial charge >= 0.3 is 5.76 Å². The molecule has 130 valence electrons. The van der Waals surface area contributed by atoms with Gasteiger partial charge in [-0.15, -0.1) is 5.10 Å². The van der Waals surface area contributed by atoms with Gasteiger partial charge < -0.3 is 9.73 Å². The number of carbonyl (C=O) groups is 1. The average Bonchev–Trinajstić information content (AvgIpc) is 3.28. The Bertz CT molecular complexity index is 1130. The van der Waals surface area contributed by atoms with E-state index in [1.807, 2.05) is 12.1 Å². The maximum atomic E-state index is 12.8. The zero-order chi connectivity index (χ0) is 18.1. The van der Waals surface area contributed by atoms with E-state index in [0.717, 1.165) is 0 Å². The number of rotatable bonds is 4. The molecule has 0 saturated carbocycles. The van der Waals surface area contributed by atoms with Crippen molar-refractivity contribution in [3.05, 3.63) is 71.5 Å². The summed E-state index contributed by atoms with van der Waals surface area (Å²) in [6.07, 6.45) is 3.24. The van der Waals surface area contributed by atoms with Crippen LogP contribution in [0.15, 0.2) is 70.1 Å². The van der Waals surface area contributed by atoms with Crippen molar-refractivity contribution in [2.24, 2.45) is 0 Å². The van der Waals surface area contributed by atoms with Crippen molar-refractivity contribution in [1.82, 2.24) is 19.6 Å². The monoisotopic (exact) mass is 349 g/mol. The Morgan fingerprint density at radius 1 is 1.15 bits per heavy atom. The number of hydrogen-bond acceptors (Lipinski definition) is 5. The molecule has 0 aliphatic carbocycles. The summed E-state index contributed by atoms with van der Waals surface area (Å²) >= 11 is 0. The van der Waals surface area contributed by atoms with Crippen molar-refractivity contribution in [3.8, 4) is 5.69 Å². The van der Waals surface area contributed by atoms with Crippen LogP contribution in [0.1, 0.15) is 13.0 Å². The SMILES string of the molecule is C[C@@H](C(=O)Nc1ccccc1-n1ccnn1)n1c(=O)oc2ccccc21. The molecular weight excluding hydrogens is 334 g/mol. The lowest BCUT2D eigenvalue weighted by atomic mass is 10.2. The molecule has 4 rings (SSSR count). The zero-order valence-corrected chi connectivity index (χ0v) is 13.9. The average molecular weight is 349 g/mol. The Kier molecular flexibility index (Phi) is 3.85. The highest BCUT2D eigenvalue weighted by Crippen LogP contribution is 2.22. The summed E-state index contributed by atoms with van der Waals surface area (Å²) in [5, 5.41) is 10.6. The Morgan fingerprint density at radius 3 is 2.73 bits per heavy atom. The Hall–Kier alpha value is -3.68. The van der Waals surface area contributed by atoms with Gasteiger partial charge in [-0.3, -0.25) is 9.36 Å². The summed E-state index contributed by atoms with van der Waals surface area (Å²) in [4.78, 5) is 25.0. The molecule has 0 aliphatic heterocycles. The molecule has 1 amide bonds. The van der Waals surface area contributed by atoms with Gasteiger partial charge in [0.2, 0.25) is 5.91 Å². The molecule has 2 heterocycles. The summed E-state index contributed by atoms with van der Waals surface area (Å²) in [5.41, 5.74) is 2.26. The van der Waals surface area contributed by atoms with Crippen LogP contribution in [0.2, 0.25) is 0 Å². The van der Waals surface area contributed by atoms with E-state index in [4.69, 9.17) is 4.42 Å². The second-order valence-corrected chi connectivity index (χ2v) is 5.74. The van der Waals surface area contributed by atoms with Gasteiger partial charge in [0.1, 0.15) is 6.04 Å². The molecule has 2 aromatic carbocycles. The minimum absolute atomic E-state index is 0.341. The highest BCUT2D eigenvalue weighted by Gasteiger charge is 2.22. The third-order valence-corrected chi connectivity index (χ3v) is 4.12. The van der Waals surface area contributed by atoms with E-state index in [-0.39, 0.29) is 5.91 Å². The summed E-state index contributed by atoms with van der Waals surface area (Å²) in [7, 11) is 0. The molecule has 2 aromatic heterocycles. The Balaban J connectivity index is 1.67. The van der Waals surface area contributed by atoms with Gasteiger partial charge in [-0.05, 0) is 31.2 Å². The number of fused-ring (bicyclic) bond motifs is 1. The lowest BCUT2D eigenvalue weighted by molar-refractivity contribution is -0.118. The van der Waals surface area contributed by atoms with Gasteiger partial charge in [0.05, 0.1) is 29.3 Å². The number of nitrogens with zero attached hydrogens (tertiary/aromatic N) is 4. The molecular formula is C18H15N5O3. The first kappa shape index (κ1) is 15.8. The minimum atomic E-state index is -0.755. The molecule has 26 heavy (non-hydrogen) atoms. The van der Waals surface area contributed by atoms with E-state index >= 15 is 0 Å². The number of oxazole rings is 1. The molecule has 0 unspecified atom stereocenters. The van der Waals surface area contributed by atoms with Gasteiger partial charge in [0.25, 0.3) is 0 Å². The quantitative estimate of drug-likeness (QED) is 0.610. The highest BCUT2D eigenvalue weighted by molar-refractivity contribution is 5.96. The number of amides is 1. The van der Waals surface area contributed by atoms with E-state index in [2.05, 4.69) is 15.6 Å². The van der Waals surface area contributed by atoms with Crippen LogP contribution in [0.4, 0.5) is 5.69 Å². The van der Waals surface area contributed by atoms with E-state index < -0.39 is 11.8 Å². The van der Waals surface area contributed by atoms with Gasteiger partial charge in [-0.25, -0.2) is 9.48 Å². The largest absolute Gasteiger partial charge is 0.420 e. The first-order chi connectivity index (χ1) is 12.6. The van der Waals surface area contributed by atoms with Crippen LogP contribution in [-0.2, 0) is 4.79 Å². The fourth-order valence-corrected chi connectivity index (χ4v) is 2.82. The first-order valence-electron chi connectivity index (χ1n) is 8.02. The molecule has 1 atom stereocenters. The lowest BCUT2D eigenvalue weighted by Gasteiger charge is -2.15. The fraction of sp³-hybridized carbons (Fsp3) is 0.111. The summed E-state index contributed by atoms with van der Waals surface area (Å²) < 4.78 is 8.10. The number of nitrogens with one attached hydrogen (secondary N) is 1. The van der Waals surface area contributed by atoms with E-state index in [1.165, 1.54) is 4.57 Å². The van der Waals surface area contributed by atoms with Crippen molar-refractivity contribution < 1.29 is 9.21 Å². The maximum absolute atomic E-state index is 12.8. The number of para-hydroxylation sites is 4. The zero-order valence-electron chi connectivity index (χ0n) is 13.9. The summed E-state index contributed by atoms with van der Waals surface area (Å²) in [6, 6.07) is 13.5. The molecule has 0 aliphatic rings. The van der Waals surface area contributed by atoms with E-state index in [1.54, 1.807) is 60.4 Å². The molecule has 8 nitrogen and oxygen atoms in total. The van der Waals surface area contributed by atoms with Gasteiger partial charge in [-0.1, -0.05) is 29.5 Å². The van der Waals surface area contributed by atoms with Gasteiger partial charge in [-0.2, -0.15) is 0 Å². The summed E-state index contributed by atoms with van der Waals surface area (Å²) in [6.45, 7) is 1.65. The first-order valence-corrected chi connectivity index (χ1v) is 8.02. The number of hydrogen-bond donors (Lipinski definition) is 1. The minimum Gasteiger partial charge on any atom is -0.408 e. The number of carbonyl (C=O) groups excluding carboxylic acids is 1. The maximum Gasteiger partial charge on any atom is 0.420 e. The second-order valence-electron chi connectivity index (χ2n) is 5.74. The molecule has 8 heteroatoms. The van der Waals surface area contributed by atoms with Crippen molar-refractivity contribution in [3.63, 3.8) is 0 Å². The molecule has 4 aromatic rings. The third-order valence-electron chi connectivity index (χ3n) is 4.12. The van der Waals surface area contributed by atoms with Gasteiger partial charge in [0, 0.05) is 0 Å². The van der Waals surface area contributed by atoms with Crippen LogP contribution in [0.25, 0.3) is 16.8 Å². The van der Waals surface area contributed by atoms with Crippen molar-refractivity contribution in [1.29, 1.82) is 0 Å². The van der Waals surface area contributed by atoms with Crippen LogP contribution in [0.3, 0.4) is 0 Å². The van der Waals surface area contributed by atoms with Crippen molar-refractivity contribution in [2.75, 3.05) is 5.32 Å². The topological polar surface area (TPSA) is 95.0 Å². The van der Waals surface area contributed by atoms with E-state index in [9.17, 15) is 9.59 Å². The number of aromatic nitrogens is 4. The van der Waals surface area contributed by atoms with Crippen LogP contribution >= 0.6 is 0 Å². The molecule has 0 radical (unpaired) electrons. The smallest absolute Gasteiger partial charge is 0.408 e. The second kappa shape index (κ2) is 6.32. The lowest BCUT2D eigenvalue weighted by Crippen LogP contribution is -2.29. The molecule has 0 bridgehead atoms. The van der Waals surface area contributed by atoms with E-state index in [0.29, 0.717) is 22.5 Å². The number of benzene rings is 2. The van der Waals surface area contributed by atoms with Crippen molar-refractivity contribution >= 4 is 22.7 Å². The van der Waals surface area contributed by atoms with Crippen LogP contribution < -0.4 is 11.1 Å². The molecule has 1 N–H and O–H groups in total. The van der Waals surface area contributed by atoms with Crippen molar-refractivity contribution in [2.45, 2.75) is 13.0 Å². The van der Waals surface area contributed by atoms with Crippen LogP contribution in [0.5, 0.6) is 0 Å².